The maximum absolute atomic E-state index is 3.91. The molecule has 0 radical (unpaired) electrons. The highest BCUT2D eigenvalue weighted by atomic mass is 15.4. The molecule has 4 nitrogen and oxygen atoms in total. The molecule has 1 fully saturated rings. The molecule has 1 aliphatic heterocycles. The Morgan fingerprint density at radius 2 is 2.10 bits per heavy atom. The molecule has 1 heterocycles. The Balaban J connectivity index is 2.19. The van der Waals surface area contributed by atoms with Gasteiger partial charge in [-0.15, -0.1) is 0 Å². The van der Waals surface area contributed by atoms with Crippen molar-refractivity contribution in [2.24, 2.45) is 0 Å². The van der Waals surface area contributed by atoms with Gasteiger partial charge in [-0.2, -0.15) is 0 Å². The molecule has 0 amide bonds. The van der Waals surface area contributed by atoms with Gasteiger partial charge in [-0.1, -0.05) is 18.7 Å². The molecule has 1 aliphatic rings. The average molecular weight is 297 g/mol. The van der Waals surface area contributed by atoms with Crippen molar-refractivity contribution in [3.63, 3.8) is 0 Å². The Kier molecular flexibility index (Phi) is 8.54. The van der Waals surface area contributed by atoms with Gasteiger partial charge in [0.15, 0.2) is 0 Å². The highest BCUT2D eigenvalue weighted by Gasteiger charge is 2.28. The van der Waals surface area contributed by atoms with Crippen LogP contribution in [0.2, 0.25) is 0 Å². The summed E-state index contributed by atoms with van der Waals surface area (Å²) in [6, 6.07) is 0. The minimum atomic E-state index is 0.941. The highest BCUT2D eigenvalue weighted by molar-refractivity contribution is 5.21. The van der Waals surface area contributed by atoms with Crippen LogP contribution in [0.15, 0.2) is 36.6 Å². The molecule has 21 heavy (non-hydrogen) atoms. The molecule has 0 bridgehead atoms. The summed E-state index contributed by atoms with van der Waals surface area (Å²) in [6.07, 6.45) is 10.6. The van der Waals surface area contributed by atoms with E-state index in [4.69, 9.17) is 0 Å². The zero-order valence-corrected chi connectivity index (χ0v) is 14.1. The molecule has 0 saturated carbocycles. The molecule has 120 valence electrons. The molecule has 0 aliphatic carbocycles. The van der Waals surface area contributed by atoms with Gasteiger partial charge in [-0.3, -0.25) is 0 Å². The smallest absolute Gasteiger partial charge is 0.128 e. The molecule has 0 spiro atoms. The Labute approximate surface area is 130 Å². The number of nitrogens with two attached hydrogens (primary N) is 1. The fraction of sp³-hybridized carbons (Fsp3) is 0.647. The van der Waals surface area contributed by atoms with Crippen LogP contribution in [-0.4, -0.2) is 64.4 Å². The number of quaternary nitrogens is 4. The van der Waals surface area contributed by atoms with Crippen LogP contribution in [0, 0.1) is 0 Å². The van der Waals surface area contributed by atoms with Gasteiger partial charge >= 0.3 is 0 Å². The molecule has 1 saturated heterocycles. The summed E-state index contributed by atoms with van der Waals surface area (Å²) in [5, 5.41) is 2.30. The van der Waals surface area contributed by atoms with Gasteiger partial charge in [0.2, 0.25) is 0 Å². The number of nitrogens with one attached hydrogen (secondary N) is 1. The van der Waals surface area contributed by atoms with Gasteiger partial charge in [-0.25, -0.2) is 0 Å². The summed E-state index contributed by atoms with van der Waals surface area (Å²) < 4.78 is 1.26. The normalized spacial score (nSPS) is 27.2. The number of nitrogens with zero attached hydrogens (tertiary/aromatic N) is 1. The Morgan fingerprint density at radius 3 is 2.71 bits per heavy atom. The van der Waals surface area contributed by atoms with Gasteiger partial charge in [-0.05, 0) is 11.6 Å². The first kappa shape index (κ1) is 18.1. The highest BCUT2D eigenvalue weighted by Crippen LogP contribution is 2.03. The summed E-state index contributed by atoms with van der Waals surface area (Å²) in [5.74, 6) is 0. The van der Waals surface area contributed by atoms with Crippen LogP contribution in [0.5, 0.6) is 0 Å². The van der Waals surface area contributed by atoms with Crippen molar-refractivity contribution in [3.05, 3.63) is 36.6 Å². The third-order valence-corrected chi connectivity index (χ3v) is 4.47. The van der Waals surface area contributed by atoms with Crippen LogP contribution in [-0.2, 0) is 0 Å². The third-order valence-electron chi connectivity index (χ3n) is 4.47. The molecular weight excluding hydrogens is 260 g/mol. The van der Waals surface area contributed by atoms with Crippen molar-refractivity contribution in [1.29, 1.82) is 0 Å². The maximum atomic E-state index is 3.91. The van der Waals surface area contributed by atoms with Crippen molar-refractivity contribution in [3.8, 4) is 0 Å². The second kappa shape index (κ2) is 9.90. The van der Waals surface area contributed by atoms with Gasteiger partial charge in [0, 0.05) is 12.8 Å². The quantitative estimate of drug-likeness (QED) is 0.255. The van der Waals surface area contributed by atoms with Crippen molar-refractivity contribution >= 4 is 0 Å². The predicted molar refractivity (Wildman–Crippen MR) is 88.6 cm³/mol. The van der Waals surface area contributed by atoms with E-state index in [1.165, 1.54) is 55.7 Å². The first-order valence-corrected chi connectivity index (χ1v) is 8.35. The lowest BCUT2D eigenvalue weighted by molar-refractivity contribution is -1.01. The van der Waals surface area contributed by atoms with Gasteiger partial charge in [0.25, 0.3) is 0 Å². The van der Waals surface area contributed by atoms with Crippen LogP contribution in [0.25, 0.3) is 0 Å². The van der Waals surface area contributed by atoms with Crippen molar-refractivity contribution in [2.75, 3.05) is 59.9 Å². The lowest BCUT2D eigenvalue weighted by atomic mass is 10.1. The monoisotopic (exact) mass is 296 g/mol. The van der Waals surface area contributed by atoms with E-state index >= 15 is 0 Å². The van der Waals surface area contributed by atoms with Gasteiger partial charge < -0.3 is 20.4 Å². The number of piperazine rings is 1. The van der Waals surface area contributed by atoms with E-state index in [9.17, 15) is 0 Å². The lowest BCUT2D eigenvalue weighted by Crippen LogP contribution is -3.12. The van der Waals surface area contributed by atoms with E-state index < -0.39 is 0 Å². The standard InChI is InChI=1S/C17H33N4/c1-4-6-17(7-9-18)8-11-19-10-5-14-21(3)15-12-20(2)13-16-21/h4,6,8,11,19H,1,5,7,9-10,12-16,18H2,2-3H3/q+1/p+3. The number of hydrogen-bond acceptors (Lipinski definition) is 0. The van der Waals surface area contributed by atoms with Gasteiger partial charge in [0.05, 0.1) is 39.9 Å². The van der Waals surface area contributed by atoms with Crippen molar-refractivity contribution < 1.29 is 20.4 Å². The van der Waals surface area contributed by atoms with Crippen LogP contribution in [0.4, 0.5) is 0 Å². The molecule has 0 aromatic rings. The number of hydrogen-bond donors (Lipinski definition) is 3. The predicted octanol–water partition coefficient (Wildman–Crippen LogP) is -1.83. The van der Waals surface area contributed by atoms with E-state index in [1.807, 2.05) is 6.08 Å². The Hall–Kier alpha value is -0.940. The molecule has 1 rings (SSSR count). The second-order valence-corrected chi connectivity index (χ2v) is 6.57. The molecule has 0 atom stereocenters. The van der Waals surface area contributed by atoms with Crippen LogP contribution >= 0.6 is 0 Å². The molecule has 4 heteroatoms. The first-order chi connectivity index (χ1) is 10.1. The van der Waals surface area contributed by atoms with E-state index in [0.29, 0.717) is 0 Å². The summed E-state index contributed by atoms with van der Waals surface area (Å²) >= 11 is 0. The zero-order valence-electron chi connectivity index (χ0n) is 14.1. The van der Waals surface area contributed by atoms with Crippen LogP contribution < -0.4 is 16.0 Å². The SMILES string of the molecule is C=CC=C(C=C[NH2+]CCC[N+]1(C)CC[NH+](C)CC1)CC[NH3+]. The average Bonchev–Trinajstić information content (AvgIpc) is 2.46. The Bertz CT molecular complexity index is 352. The number of allylic oxidation sites excluding steroid dienone is 3. The molecule has 0 aromatic carbocycles. The molecule has 0 aromatic heterocycles. The van der Waals surface area contributed by atoms with E-state index in [2.05, 4.69) is 50.1 Å². The van der Waals surface area contributed by atoms with E-state index in [-0.39, 0.29) is 0 Å². The largest absolute Gasteiger partial charge is 0.357 e. The molecular formula is C17H36N4+4. The fourth-order valence-corrected chi connectivity index (χ4v) is 2.84. The molecule has 6 N–H and O–H groups in total. The lowest BCUT2D eigenvalue weighted by Gasteiger charge is -2.38. The maximum Gasteiger partial charge on any atom is 0.128 e. The van der Waals surface area contributed by atoms with Gasteiger partial charge in [0.1, 0.15) is 26.2 Å². The summed E-state index contributed by atoms with van der Waals surface area (Å²) in [4.78, 5) is 1.69. The number of likely N-dealkylation sites (N-methyl/N-ethyl adjacent to an activating group) is 2. The van der Waals surface area contributed by atoms with E-state index in [0.717, 1.165) is 13.0 Å². The van der Waals surface area contributed by atoms with E-state index in [1.54, 1.807) is 4.90 Å². The topological polar surface area (TPSA) is 48.7 Å². The summed E-state index contributed by atoms with van der Waals surface area (Å²) in [7, 11) is 4.73. The zero-order chi connectivity index (χ0) is 15.6. The second-order valence-electron chi connectivity index (χ2n) is 6.57. The first-order valence-electron chi connectivity index (χ1n) is 8.35. The summed E-state index contributed by atoms with van der Waals surface area (Å²) in [6.45, 7) is 12.5. The summed E-state index contributed by atoms with van der Waals surface area (Å²) in [5.41, 5.74) is 5.22. The Morgan fingerprint density at radius 1 is 1.38 bits per heavy atom. The fourth-order valence-electron chi connectivity index (χ4n) is 2.84. The third kappa shape index (κ3) is 7.58. The minimum absolute atomic E-state index is 0.941. The van der Waals surface area contributed by atoms with Crippen LogP contribution in [0.1, 0.15) is 12.8 Å². The van der Waals surface area contributed by atoms with Crippen molar-refractivity contribution in [1.82, 2.24) is 0 Å². The van der Waals surface area contributed by atoms with Crippen LogP contribution in [0.3, 0.4) is 0 Å². The molecule has 0 unspecified atom stereocenters. The number of rotatable bonds is 9. The van der Waals surface area contributed by atoms with Crippen molar-refractivity contribution in [2.45, 2.75) is 12.8 Å². The minimum Gasteiger partial charge on any atom is -0.357 e.